The highest BCUT2D eigenvalue weighted by atomic mass is 32.2. The smallest absolute Gasteiger partial charge is 0.189 e. The minimum Gasteiger partial charge on any atom is -0.612 e. The third-order valence-electron chi connectivity index (χ3n) is 0.869. The third kappa shape index (κ3) is 1.65. The van der Waals surface area contributed by atoms with E-state index < -0.39 is 11.2 Å². The minimum atomic E-state index is -0.954. The van der Waals surface area contributed by atoms with Crippen molar-refractivity contribution in [3.63, 3.8) is 0 Å². The molecule has 9 heavy (non-hydrogen) atoms. The fourth-order valence-electron chi connectivity index (χ4n) is 0.434. The molecule has 0 saturated carbocycles. The van der Waals surface area contributed by atoms with E-state index in [9.17, 15) is 4.55 Å². The van der Waals surface area contributed by atoms with E-state index in [4.69, 9.17) is 0 Å². The zero-order valence-corrected chi connectivity index (χ0v) is 5.76. The summed E-state index contributed by atoms with van der Waals surface area (Å²) in [6.07, 6.45) is 6.10. The molecule has 3 nitrogen and oxygen atoms in total. The van der Waals surface area contributed by atoms with Gasteiger partial charge in [0.15, 0.2) is 4.90 Å². The van der Waals surface area contributed by atoms with Crippen LogP contribution in [0.15, 0.2) is 23.6 Å². The molecule has 0 N–H and O–H groups in total. The summed E-state index contributed by atoms with van der Waals surface area (Å²) in [6.45, 7) is 0. The van der Waals surface area contributed by atoms with Crippen LogP contribution in [0.4, 0.5) is 0 Å². The van der Waals surface area contributed by atoms with Crippen LogP contribution < -0.4 is 0 Å². The van der Waals surface area contributed by atoms with Crippen LogP contribution in [0.1, 0.15) is 0 Å². The van der Waals surface area contributed by atoms with E-state index in [0.29, 0.717) is 4.90 Å². The van der Waals surface area contributed by atoms with Crippen LogP contribution in [0.5, 0.6) is 0 Å². The maximum absolute atomic E-state index is 10.7. The Morgan fingerprint density at radius 2 is 2.00 bits per heavy atom. The molecule has 0 fully saturated rings. The summed E-state index contributed by atoms with van der Waals surface area (Å²) in [4.78, 5) is 8.07. The predicted molar refractivity (Wildman–Crippen MR) is 34.4 cm³/mol. The van der Waals surface area contributed by atoms with Crippen molar-refractivity contribution >= 4 is 11.2 Å². The standard InChI is InChI=1S/C5H6N2OS/c1-9(8)5-2-6-4-7-3-5/h2-4H,1H3. The second kappa shape index (κ2) is 2.80. The Labute approximate surface area is 56.3 Å². The highest BCUT2D eigenvalue weighted by Gasteiger charge is 2.00. The Hall–Kier alpha value is -0.610. The van der Waals surface area contributed by atoms with Crippen molar-refractivity contribution in [1.82, 2.24) is 9.97 Å². The maximum Gasteiger partial charge on any atom is 0.189 e. The molecular formula is C5H6N2OS. The molecule has 0 aromatic carbocycles. The first-order valence-electron chi connectivity index (χ1n) is 2.39. The van der Waals surface area contributed by atoms with E-state index in [-0.39, 0.29) is 0 Å². The molecule has 0 aliphatic heterocycles. The lowest BCUT2D eigenvalue weighted by molar-refractivity contribution is 0.600. The largest absolute Gasteiger partial charge is 0.612 e. The lowest BCUT2D eigenvalue weighted by Crippen LogP contribution is -1.97. The van der Waals surface area contributed by atoms with Crippen LogP contribution >= 0.6 is 0 Å². The first-order chi connectivity index (χ1) is 4.30. The van der Waals surface area contributed by atoms with Gasteiger partial charge < -0.3 is 4.55 Å². The van der Waals surface area contributed by atoms with Gasteiger partial charge in [0.05, 0.1) is 12.4 Å². The van der Waals surface area contributed by atoms with Gasteiger partial charge in [0.2, 0.25) is 0 Å². The minimum absolute atomic E-state index is 0.664. The van der Waals surface area contributed by atoms with Gasteiger partial charge in [-0.1, -0.05) is 0 Å². The van der Waals surface area contributed by atoms with Crippen LogP contribution in [0.2, 0.25) is 0 Å². The van der Waals surface area contributed by atoms with Crippen LogP contribution in [0, 0.1) is 0 Å². The summed E-state index contributed by atoms with van der Waals surface area (Å²) in [6, 6.07) is 0. The second-order valence-electron chi connectivity index (χ2n) is 1.53. The summed E-state index contributed by atoms with van der Waals surface area (Å²) < 4.78 is 10.7. The average Bonchev–Trinajstić information content (AvgIpc) is 1.90. The van der Waals surface area contributed by atoms with Gasteiger partial charge in [-0.15, -0.1) is 0 Å². The van der Waals surface area contributed by atoms with Gasteiger partial charge >= 0.3 is 0 Å². The van der Waals surface area contributed by atoms with Crippen molar-refractivity contribution in [3.05, 3.63) is 18.7 Å². The Morgan fingerprint density at radius 1 is 1.44 bits per heavy atom. The lowest BCUT2D eigenvalue weighted by Gasteiger charge is -1.99. The highest BCUT2D eigenvalue weighted by Crippen LogP contribution is 2.01. The number of aromatic nitrogens is 2. The van der Waals surface area contributed by atoms with Crippen LogP contribution in [0.25, 0.3) is 0 Å². The summed E-state index contributed by atoms with van der Waals surface area (Å²) in [5.74, 6) is 0. The molecule has 1 unspecified atom stereocenters. The van der Waals surface area contributed by atoms with Gasteiger partial charge in [0.25, 0.3) is 0 Å². The lowest BCUT2D eigenvalue weighted by atomic mass is 10.7. The summed E-state index contributed by atoms with van der Waals surface area (Å²) in [7, 11) is 0. The number of hydrogen-bond acceptors (Lipinski definition) is 3. The molecule has 1 aromatic heterocycles. The molecule has 4 heteroatoms. The molecule has 1 aromatic rings. The first kappa shape index (κ1) is 6.51. The Morgan fingerprint density at radius 3 is 2.33 bits per heavy atom. The summed E-state index contributed by atoms with van der Waals surface area (Å²) >= 11 is -0.954. The normalized spacial score (nSPS) is 13.1. The SMILES string of the molecule is C[S+]([O-])c1cncnc1. The molecule has 1 heterocycles. The fourth-order valence-corrected chi connectivity index (χ4v) is 0.852. The van der Waals surface area contributed by atoms with Gasteiger partial charge in [-0.05, 0) is 11.2 Å². The average molecular weight is 142 g/mol. The quantitative estimate of drug-likeness (QED) is 0.527. The highest BCUT2D eigenvalue weighted by molar-refractivity contribution is 7.90. The van der Waals surface area contributed by atoms with Gasteiger partial charge in [-0.25, -0.2) is 9.97 Å². The van der Waals surface area contributed by atoms with Gasteiger partial charge in [-0.3, -0.25) is 0 Å². The molecule has 0 aliphatic carbocycles. The van der Waals surface area contributed by atoms with Crippen molar-refractivity contribution in [3.8, 4) is 0 Å². The fraction of sp³-hybridized carbons (Fsp3) is 0.200. The molecule has 1 rings (SSSR count). The third-order valence-corrected chi connectivity index (χ3v) is 1.74. The molecular weight excluding hydrogens is 136 g/mol. The topological polar surface area (TPSA) is 48.8 Å². The molecule has 48 valence electrons. The Bertz CT molecular complexity index is 178. The van der Waals surface area contributed by atoms with Crippen molar-refractivity contribution in [2.75, 3.05) is 6.26 Å². The molecule has 0 saturated heterocycles. The first-order valence-corrected chi connectivity index (χ1v) is 3.95. The van der Waals surface area contributed by atoms with E-state index in [0.717, 1.165) is 0 Å². The van der Waals surface area contributed by atoms with Crippen molar-refractivity contribution in [2.24, 2.45) is 0 Å². The van der Waals surface area contributed by atoms with E-state index in [2.05, 4.69) is 9.97 Å². The number of hydrogen-bond donors (Lipinski definition) is 0. The molecule has 1 atom stereocenters. The van der Waals surface area contributed by atoms with Gasteiger partial charge in [0.1, 0.15) is 12.6 Å². The second-order valence-corrected chi connectivity index (χ2v) is 2.91. The predicted octanol–water partition coefficient (Wildman–Crippen LogP) is 0.214. The van der Waals surface area contributed by atoms with Crippen LogP contribution in [0.3, 0.4) is 0 Å². The molecule has 0 radical (unpaired) electrons. The molecule has 0 amide bonds. The van der Waals surface area contributed by atoms with E-state index in [1.54, 1.807) is 18.6 Å². The number of rotatable bonds is 1. The monoisotopic (exact) mass is 142 g/mol. The maximum atomic E-state index is 10.7. The molecule has 0 bridgehead atoms. The summed E-state index contributed by atoms with van der Waals surface area (Å²) in [5, 5.41) is 0. The Balaban J connectivity index is 2.85. The van der Waals surface area contributed by atoms with Gasteiger partial charge in [0, 0.05) is 0 Å². The van der Waals surface area contributed by atoms with Crippen LogP contribution in [-0.2, 0) is 11.2 Å². The molecule has 0 spiro atoms. The van der Waals surface area contributed by atoms with Crippen molar-refractivity contribution < 1.29 is 4.55 Å². The molecule has 0 aliphatic rings. The number of nitrogens with zero attached hydrogens (tertiary/aromatic N) is 2. The van der Waals surface area contributed by atoms with Crippen molar-refractivity contribution in [2.45, 2.75) is 4.90 Å². The van der Waals surface area contributed by atoms with E-state index in [1.807, 2.05) is 0 Å². The summed E-state index contributed by atoms with van der Waals surface area (Å²) in [5.41, 5.74) is 0. The van der Waals surface area contributed by atoms with Crippen LogP contribution in [-0.4, -0.2) is 20.8 Å². The van der Waals surface area contributed by atoms with Crippen molar-refractivity contribution in [1.29, 1.82) is 0 Å². The Kier molecular flexibility index (Phi) is 2.02. The van der Waals surface area contributed by atoms with E-state index in [1.165, 1.54) is 6.33 Å². The zero-order valence-electron chi connectivity index (χ0n) is 4.94. The van der Waals surface area contributed by atoms with E-state index >= 15 is 0 Å². The zero-order chi connectivity index (χ0) is 6.69. The van der Waals surface area contributed by atoms with Gasteiger partial charge in [-0.2, -0.15) is 0 Å².